The van der Waals surface area contributed by atoms with Crippen LogP contribution in [-0.4, -0.2) is 26.6 Å². The van der Waals surface area contributed by atoms with Crippen molar-refractivity contribution in [3.05, 3.63) is 77.8 Å². The topological polar surface area (TPSA) is 98.8 Å². The summed E-state index contributed by atoms with van der Waals surface area (Å²) in [7, 11) is 0. The molecule has 0 saturated carbocycles. The molecule has 2 aromatic heterocycles. The molecule has 1 aromatic carbocycles. The highest BCUT2D eigenvalue weighted by Gasteiger charge is 2.43. The summed E-state index contributed by atoms with van der Waals surface area (Å²) in [6, 6.07) is 13.8. The number of carbonyl (C=O) groups excluding carboxylic acids is 2. The zero-order valence-corrected chi connectivity index (χ0v) is 17.2. The normalized spacial score (nSPS) is 22.3. The van der Waals surface area contributed by atoms with Gasteiger partial charge in [-0.15, -0.1) is 0 Å². The maximum Gasteiger partial charge on any atom is 0.252 e. The van der Waals surface area contributed by atoms with E-state index in [1.54, 1.807) is 18.5 Å². The number of aromatic nitrogens is 3. The second-order valence-corrected chi connectivity index (χ2v) is 8.19. The Hall–Kier alpha value is -3.67. The zero-order valence-electron chi connectivity index (χ0n) is 17.2. The SMILES string of the molecule is CC1C(=O)C(C(N)=O)=CC2c3nc(-c4ccncc4)nc(-c4ccccc4)c3CCC12. The van der Waals surface area contributed by atoms with Gasteiger partial charge >= 0.3 is 0 Å². The number of allylic oxidation sites excluding steroid dienone is 1. The molecular formula is C25H22N4O2. The Labute approximate surface area is 180 Å². The molecule has 3 unspecified atom stereocenters. The number of ketones is 1. The van der Waals surface area contributed by atoms with Gasteiger partial charge in [0.1, 0.15) is 0 Å². The minimum atomic E-state index is -0.672. The molecule has 2 aliphatic carbocycles. The highest BCUT2D eigenvalue weighted by Crippen LogP contribution is 2.46. The molecule has 154 valence electrons. The summed E-state index contributed by atoms with van der Waals surface area (Å²) in [5, 5.41) is 0. The molecule has 6 nitrogen and oxygen atoms in total. The number of benzene rings is 1. The van der Waals surface area contributed by atoms with Gasteiger partial charge in [0, 0.05) is 40.9 Å². The van der Waals surface area contributed by atoms with Crippen LogP contribution < -0.4 is 5.73 Å². The number of nitrogens with two attached hydrogens (primary N) is 1. The van der Waals surface area contributed by atoms with Crippen LogP contribution in [0.3, 0.4) is 0 Å². The number of Topliss-reactive ketones (excluding diaryl/α,β-unsaturated/α-hetero) is 1. The number of hydrogen-bond donors (Lipinski definition) is 1. The molecule has 0 bridgehead atoms. The molecule has 0 saturated heterocycles. The summed E-state index contributed by atoms with van der Waals surface area (Å²) in [5.41, 5.74) is 10.4. The second-order valence-electron chi connectivity index (χ2n) is 8.19. The number of carbonyl (C=O) groups is 2. The molecule has 31 heavy (non-hydrogen) atoms. The fourth-order valence-electron chi connectivity index (χ4n) is 4.85. The van der Waals surface area contributed by atoms with Crippen LogP contribution >= 0.6 is 0 Å². The minimum absolute atomic E-state index is 0.0897. The standard InChI is InChI=1S/C25H22N4O2/c1-14-17-7-8-18-21(15-5-3-2-4-6-15)28-25(16-9-11-27-12-10-16)29-22(18)19(17)13-20(23(14)30)24(26)31/h2-6,9-14,17,19H,7-8H2,1H3,(H2,26,31). The van der Waals surface area contributed by atoms with Gasteiger partial charge in [0.2, 0.25) is 0 Å². The average molecular weight is 410 g/mol. The Morgan fingerprint density at radius 1 is 1.03 bits per heavy atom. The van der Waals surface area contributed by atoms with Crippen molar-refractivity contribution in [3.63, 3.8) is 0 Å². The van der Waals surface area contributed by atoms with Crippen LogP contribution in [0.4, 0.5) is 0 Å². The molecule has 1 amide bonds. The number of hydrogen-bond acceptors (Lipinski definition) is 5. The van der Waals surface area contributed by atoms with Gasteiger partial charge in [0.15, 0.2) is 11.6 Å². The molecule has 2 N–H and O–H groups in total. The van der Waals surface area contributed by atoms with E-state index >= 15 is 0 Å². The van der Waals surface area contributed by atoms with Gasteiger partial charge in [0.05, 0.1) is 17.0 Å². The predicted molar refractivity (Wildman–Crippen MR) is 117 cm³/mol. The van der Waals surface area contributed by atoms with E-state index in [-0.39, 0.29) is 29.1 Å². The molecular weight excluding hydrogens is 388 g/mol. The van der Waals surface area contributed by atoms with E-state index in [2.05, 4.69) is 4.98 Å². The number of pyridine rings is 1. The third-order valence-corrected chi connectivity index (χ3v) is 6.46. The number of rotatable bonds is 3. The summed E-state index contributed by atoms with van der Waals surface area (Å²) in [5.74, 6) is -0.556. The maximum atomic E-state index is 12.7. The molecule has 5 rings (SSSR count). The first-order valence-electron chi connectivity index (χ1n) is 10.5. The molecule has 0 spiro atoms. The van der Waals surface area contributed by atoms with Crippen LogP contribution in [0.25, 0.3) is 22.6 Å². The van der Waals surface area contributed by atoms with E-state index in [0.29, 0.717) is 5.82 Å². The van der Waals surface area contributed by atoms with E-state index in [1.807, 2.05) is 49.4 Å². The molecule has 2 heterocycles. The summed E-state index contributed by atoms with van der Waals surface area (Å²) >= 11 is 0. The monoisotopic (exact) mass is 410 g/mol. The summed E-state index contributed by atoms with van der Waals surface area (Å²) in [4.78, 5) is 38.7. The summed E-state index contributed by atoms with van der Waals surface area (Å²) < 4.78 is 0. The smallest absolute Gasteiger partial charge is 0.252 e. The lowest BCUT2D eigenvalue weighted by Gasteiger charge is -2.38. The maximum absolute atomic E-state index is 12.7. The average Bonchev–Trinajstić information content (AvgIpc) is 2.81. The molecule has 0 fully saturated rings. The van der Waals surface area contributed by atoms with Crippen molar-refractivity contribution in [2.45, 2.75) is 25.7 Å². The Balaban J connectivity index is 1.76. The number of nitrogens with zero attached hydrogens (tertiary/aromatic N) is 3. The van der Waals surface area contributed by atoms with Crippen molar-refractivity contribution in [1.29, 1.82) is 0 Å². The fraction of sp³-hybridized carbons (Fsp3) is 0.240. The Bertz CT molecular complexity index is 1200. The van der Waals surface area contributed by atoms with Crippen molar-refractivity contribution in [1.82, 2.24) is 15.0 Å². The van der Waals surface area contributed by atoms with Crippen LogP contribution in [0.2, 0.25) is 0 Å². The van der Waals surface area contributed by atoms with Crippen molar-refractivity contribution in [2.24, 2.45) is 17.6 Å². The third-order valence-electron chi connectivity index (χ3n) is 6.46. The van der Waals surface area contributed by atoms with Crippen molar-refractivity contribution in [3.8, 4) is 22.6 Å². The number of primary amides is 1. The first kappa shape index (κ1) is 19.3. The summed E-state index contributed by atoms with van der Waals surface area (Å²) in [6.07, 6.45) is 6.80. The van der Waals surface area contributed by atoms with Crippen LogP contribution in [0.1, 0.15) is 30.5 Å². The van der Waals surface area contributed by atoms with E-state index in [0.717, 1.165) is 40.9 Å². The van der Waals surface area contributed by atoms with Crippen LogP contribution in [-0.2, 0) is 16.0 Å². The van der Waals surface area contributed by atoms with Gasteiger partial charge in [-0.3, -0.25) is 14.6 Å². The quantitative estimate of drug-likeness (QED) is 0.667. The molecule has 3 aromatic rings. The third kappa shape index (κ3) is 3.24. The molecule has 6 heteroatoms. The lowest BCUT2D eigenvalue weighted by Crippen LogP contribution is -2.38. The molecule has 0 radical (unpaired) electrons. The van der Waals surface area contributed by atoms with Crippen molar-refractivity contribution >= 4 is 11.7 Å². The van der Waals surface area contributed by atoms with E-state index in [9.17, 15) is 9.59 Å². The first-order valence-corrected chi connectivity index (χ1v) is 10.5. The van der Waals surface area contributed by atoms with E-state index in [4.69, 9.17) is 15.7 Å². The van der Waals surface area contributed by atoms with Crippen LogP contribution in [0.5, 0.6) is 0 Å². The highest BCUT2D eigenvalue weighted by molar-refractivity contribution is 6.20. The fourth-order valence-corrected chi connectivity index (χ4v) is 4.85. The lowest BCUT2D eigenvalue weighted by atomic mass is 9.65. The predicted octanol–water partition coefficient (Wildman–Crippen LogP) is 3.48. The Kier molecular flexibility index (Phi) is 4.70. The van der Waals surface area contributed by atoms with Gasteiger partial charge in [-0.25, -0.2) is 9.97 Å². The Morgan fingerprint density at radius 3 is 2.48 bits per heavy atom. The number of fused-ring (bicyclic) bond motifs is 3. The first-order chi connectivity index (χ1) is 15.0. The zero-order chi connectivity index (χ0) is 21.5. The second kappa shape index (κ2) is 7.54. The molecule has 0 aliphatic heterocycles. The van der Waals surface area contributed by atoms with E-state index in [1.165, 1.54) is 0 Å². The van der Waals surface area contributed by atoms with Crippen molar-refractivity contribution < 1.29 is 9.59 Å². The van der Waals surface area contributed by atoms with E-state index < -0.39 is 5.91 Å². The largest absolute Gasteiger partial charge is 0.365 e. The Morgan fingerprint density at radius 2 is 1.77 bits per heavy atom. The minimum Gasteiger partial charge on any atom is -0.365 e. The van der Waals surface area contributed by atoms with Gasteiger partial charge in [-0.1, -0.05) is 43.3 Å². The van der Waals surface area contributed by atoms with Gasteiger partial charge in [0.25, 0.3) is 5.91 Å². The van der Waals surface area contributed by atoms with Crippen molar-refractivity contribution in [2.75, 3.05) is 0 Å². The van der Waals surface area contributed by atoms with Crippen LogP contribution in [0, 0.1) is 11.8 Å². The van der Waals surface area contributed by atoms with Gasteiger partial charge in [-0.05, 0) is 30.9 Å². The summed E-state index contributed by atoms with van der Waals surface area (Å²) in [6.45, 7) is 1.89. The van der Waals surface area contributed by atoms with Gasteiger partial charge in [-0.2, -0.15) is 0 Å². The van der Waals surface area contributed by atoms with Gasteiger partial charge < -0.3 is 5.73 Å². The highest BCUT2D eigenvalue weighted by atomic mass is 16.2. The molecule has 2 aliphatic rings. The lowest BCUT2D eigenvalue weighted by molar-refractivity contribution is -0.125. The molecule has 3 atom stereocenters. The number of amides is 1. The van der Waals surface area contributed by atoms with Crippen LogP contribution in [0.15, 0.2) is 66.5 Å².